The van der Waals surface area contributed by atoms with Gasteiger partial charge in [-0.05, 0) is 0 Å². The van der Waals surface area contributed by atoms with E-state index in [2.05, 4.69) is 0 Å². The Hall–Kier alpha value is -7.80. The molecule has 0 saturated carbocycles. The molecular formula is C20H8N8O18. The zero-order chi connectivity index (χ0) is 34.9. The minimum atomic E-state index is -1.49. The van der Waals surface area contributed by atoms with Gasteiger partial charge in [-0.3, -0.25) is 79.9 Å². The number of hydrogen-bond acceptors (Lipinski definition) is 18. The predicted molar refractivity (Wildman–Crippen MR) is 145 cm³/mol. The first-order valence-electron chi connectivity index (χ1n) is 11.1. The molecule has 0 fully saturated rings. The average molecular weight is 648 g/mol. The Morgan fingerprint density at radius 1 is 0.478 bits per heavy atom. The van der Waals surface area contributed by atoms with Crippen LogP contribution in [0.4, 0.5) is 34.1 Å². The lowest BCUT2D eigenvalue weighted by atomic mass is 10.1. The van der Waals surface area contributed by atoms with E-state index in [1.54, 1.807) is 9.97 Å². The summed E-state index contributed by atoms with van der Waals surface area (Å²) in [5.74, 6) is -2.16. The largest absolute Gasteiger partial charge is 0.507 e. The maximum atomic E-state index is 11.5. The molecule has 0 aliphatic rings. The lowest BCUT2D eigenvalue weighted by molar-refractivity contribution is -0.440. The summed E-state index contributed by atoms with van der Waals surface area (Å²) in [6.07, 6.45) is 0. The van der Waals surface area contributed by atoms with Crippen LogP contribution in [0.3, 0.4) is 0 Å². The van der Waals surface area contributed by atoms with Crippen molar-refractivity contribution in [3.63, 3.8) is 0 Å². The minimum absolute atomic E-state index is 0.264. The molecule has 4 N–H and O–H groups in total. The summed E-state index contributed by atoms with van der Waals surface area (Å²) in [6, 6.07) is 1.40. The summed E-state index contributed by atoms with van der Waals surface area (Å²) in [5.41, 5.74) is -15.0. The maximum absolute atomic E-state index is 11.5. The first-order valence-corrected chi connectivity index (χ1v) is 11.1. The van der Waals surface area contributed by atoms with E-state index in [-0.39, 0.29) is 12.1 Å². The van der Waals surface area contributed by atoms with E-state index in [0.29, 0.717) is 12.1 Å². The lowest BCUT2D eigenvalue weighted by Crippen LogP contribution is -2.22. The van der Waals surface area contributed by atoms with Crippen LogP contribution in [0.25, 0.3) is 21.8 Å². The Labute approximate surface area is 243 Å². The molecule has 0 spiro atoms. The van der Waals surface area contributed by atoms with Crippen LogP contribution in [-0.4, -0.2) is 49.7 Å². The number of fused-ring (bicyclic) bond motifs is 2. The number of nitrogens with one attached hydrogen (secondary N) is 2. The molecule has 26 heteroatoms. The van der Waals surface area contributed by atoms with Crippen LogP contribution in [0.5, 0.6) is 11.5 Å². The molecule has 0 aliphatic carbocycles. The molecule has 0 saturated heterocycles. The molecule has 0 atom stereocenters. The van der Waals surface area contributed by atoms with Gasteiger partial charge in [-0.15, -0.1) is 0 Å². The van der Waals surface area contributed by atoms with Crippen molar-refractivity contribution in [1.29, 1.82) is 0 Å². The number of hydrogen-bond donors (Lipinski definition) is 4. The fourth-order valence-corrected chi connectivity index (χ4v) is 3.84. The van der Waals surface area contributed by atoms with Gasteiger partial charge in [0, 0.05) is 18.2 Å². The van der Waals surface area contributed by atoms with E-state index in [1.807, 2.05) is 0 Å². The van der Waals surface area contributed by atoms with Gasteiger partial charge in [0.1, 0.15) is 34.0 Å². The molecule has 2 heterocycles. The number of nitro benzene ring substituents is 6. The molecule has 0 radical (unpaired) electrons. The predicted octanol–water partition coefficient (Wildman–Crippen LogP) is 0.637. The number of aromatic amines is 2. The van der Waals surface area contributed by atoms with E-state index < -0.39 is 119 Å². The first-order chi connectivity index (χ1) is 21.3. The third kappa shape index (κ3) is 5.77. The van der Waals surface area contributed by atoms with Gasteiger partial charge >= 0.3 is 34.1 Å². The molecule has 2 aromatic carbocycles. The van der Waals surface area contributed by atoms with Crippen molar-refractivity contribution in [2.24, 2.45) is 0 Å². The van der Waals surface area contributed by atoms with Crippen LogP contribution in [0.1, 0.15) is 0 Å². The summed E-state index contributed by atoms with van der Waals surface area (Å²) in [4.78, 5) is 108. The third-order valence-corrected chi connectivity index (χ3v) is 5.64. The standard InChI is InChI=1S/2C10H4N4O9/c15-5-2-6(16)10(17)11-8-3(12(18)19)1-4(13(20)21)9(7(5)8)14(22)23;15-5-2-6(16)10(17)11-7-3(5)1-4(12(18)19)8(13(20)21)9(7)14(22)23/h2*1-2,15H,(H,11,16,17). The number of H-pyrrole nitrogens is 2. The molecule has 236 valence electrons. The average Bonchev–Trinajstić information content (AvgIpc) is 3.12. The first kappa shape index (κ1) is 32.7. The third-order valence-electron chi connectivity index (χ3n) is 5.64. The highest BCUT2D eigenvalue weighted by atomic mass is 16.7. The molecule has 0 aliphatic heterocycles. The van der Waals surface area contributed by atoms with E-state index in [4.69, 9.17) is 0 Å². The van der Waals surface area contributed by atoms with E-state index in [1.165, 1.54) is 0 Å². The monoisotopic (exact) mass is 648 g/mol. The van der Waals surface area contributed by atoms with Gasteiger partial charge in [0.25, 0.3) is 11.1 Å². The molecule has 4 rings (SSSR count). The lowest BCUT2D eigenvalue weighted by Gasteiger charge is -2.01. The Morgan fingerprint density at radius 2 is 0.891 bits per heavy atom. The van der Waals surface area contributed by atoms with Crippen LogP contribution < -0.4 is 22.0 Å². The number of nitro groups is 6. The second-order valence-corrected chi connectivity index (χ2v) is 8.27. The van der Waals surface area contributed by atoms with Gasteiger partial charge in [0.2, 0.25) is 10.9 Å². The van der Waals surface area contributed by atoms with E-state index in [0.717, 1.165) is 0 Å². The molecule has 0 amide bonds. The number of rotatable bonds is 6. The second-order valence-electron chi connectivity index (χ2n) is 8.27. The van der Waals surface area contributed by atoms with Gasteiger partial charge in [-0.1, -0.05) is 0 Å². The summed E-state index contributed by atoms with van der Waals surface area (Å²) >= 11 is 0. The number of aromatic nitrogens is 2. The van der Waals surface area contributed by atoms with Crippen molar-refractivity contribution in [3.8, 4) is 11.5 Å². The van der Waals surface area contributed by atoms with Crippen molar-refractivity contribution in [2.75, 3.05) is 0 Å². The molecule has 0 unspecified atom stereocenters. The van der Waals surface area contributed by atoms with Crippen LogP contribution in [-0.2, 0) is 0 Å². The molecule has 4 aromatic rings. The van der Waals surface area contributed by atoms with Crippen molar-refractivity contribution in [2.45, 2.75) is 0 Å². The fourth-order valence-electron chi connectivity index (χ4n) is 3.84. The molecule has 46 heavy (non-hydrogen) atoms. The van der Waals surface area contributed by atoms with Gasteiger partial charge in [-0.2, -0.15) is 0 Å². The topological polar surface area (TPSA) is 399 Å². The fraction of sp³-hybridized carbons (Fsp3) is 0. The molecular weight excluding hydrogens is 640 g/mol. The molecule has 26 nitrogen and oxygen atoms in total. The molecule has 2 aromatic heterocycles. The van der Waals surface area contributed by atoms with Crippen LogP contribution in [0.2, 0.25) is 0 Å². The van der Waals surface area contributed by atoms with Crippen molar-refractivity contribution in [3.05, 3.63) is 126 Å². The summed E-state index contributed by atoms with van der Waals surface area (Å²) < 4.78 is 0. The van der Waals surface area contributed by atoms with Gasteiger partial charge < -0.3 is 20.2 Å². The SMILES string of the molecule is O=c1cc(O)c2c([N+](=O)[O-])c([N+](=O)[O-])cc([N+](=O)[O-])c2[nH]c1=O.O=c1cc(O)c2cc([N+](=O)[O-])c([N+](=O)[O-])c([N+](=O)[O-])c2[nH]c1=O. The Balaban J connectivity index is 0.000000250. The van der Waals surface area contributed by atoms with Crippen LogP contribution in [0.15, 0.2) is 43.4 Å². The normalized spacial score (nSPS) is 10.4. The van der Waals surface area contributed by atoms with Gasteiger partial charge in [0.15, 0.2) is 0 Å². The van der Waals surface area contributed by atoms with Crippen molar-refractivity contribution >= 4 is 55.9 Å². The Bertz CT molecular complexity index is 2320. The second kappa shape index (κ2) is 11.8. The number of non-ortho nitro benzene ring substituents is 1. The number of aromatic hydroxyl groups is 2. The molecule has 0 bridgehead atoms. The highest BCUT2D eigenvalue weighted by Gasteiger charge is 2.40. The van der Waals surface area contributed by atoms with Crippen LogP contribution >= 0.6 is 0 Å². The van der Waals surface area contributed by atoms with Crippen molar-refractivity contribution in [1.82, 2.24) is 9.97 Å². The number of nitrogens with zero attached hydrogens (tertiary/aromatic N) is 6. The Morgan fingerprint density at radius 3 is 1.33 bits per heavy atom. The van der Waals surface area contributed by atoms with Crippen molar-refractivity contribution < 1.29 is 39.8 Å². The van der Waals surface area contributed by atoms with Gasteiger partial charge in [-0.25, -0.2) is 0 Å². The van der Waals surface area contributed by atoms with E-state index in [9.17, 15) is 90.1 Å². The maximum Gasteiger partial charge on any atom is 0.424 e. The quantitative estimate of drug-likeness (QED) is 0.126. The smallest absolute Gasteiger partial charge is 0.424 e. The highest BCUT2D eigenvalue weighted by Crippen LogP contribution is 2.43. The van der Waals surface area contributed by atoms with Crippen LogP contribution in [0, 0.1) is 60.7 Å². The van der Waals surface area contributed by atoms with Gasteiger partial charge in [0.05, 0.1) is 34.9 Å². The highest BCUT2D eigenvalue weighted by molar-refractivity contribution is 6.02. The summed E-state index contributed by atoms with van der Waals surface area (Å²) in [7, 11) is 0. The summed E-state index contributed by atoms with van der Waals surface area (Å²) in [5, 5.41) is 83.9. The van der Waals surface area contributed by atoms with E-state index >= 15 is 0 Å². The zero-order valence-electron chi connectivity index (χ0n) is 21.4. The number of benzene rings is 2. The minimum Gasteiger partial charge on any atom is -0.507 e. The summed E-state index contributed by atoms with van der Waals surface area (Å²) in [6.45, 7) is 0. The zero-order valence-corrected chi connectivity index (χ0v) is 21.4. The Kier molecular flexibility index (Phi) is 8.41.